The molecule has 0 saturated heterocycles. The monoisotopic (exact) mass is 391 g/mol. The SMILES string of the molecule is CCN(CC)CCNC(=O)c1cn(-c2ccc(C)c(C)c2)c(=O)c2ccccc12. The van der Waals surface area contributed by atoms with Crippen molar-refractivity contribution in [3.8, 4) is 5.69 Å². The van der Waals surface area contributed by atoms with E-state index in [1.54, 1.807) is 16.8 Å². The maximum atomic E-state index is 13.1. The molecule has 0 spiro atoms. The molecular formula is C24H29N3O2. The number of aromatic nitrogens is 1. The van der Waals surface area contributed by atoms with E-state index in [1.165, 1.54) is 0 Å². The second-order valence-electron chi connectivity index (χ2n) is 7.31. The molecule has 2 aromatic carbocycles. The van der Waals surface area contributed by atoms with Crippen molar-refractivity contribution in [1.82, 2.24) is 14.8 Å². The van der Waals surface area contributed by atoms with E-state index in [9.17, 15) is 9.59 Å². The van der Waals surface area contributed by atoms with Crippen LogP contribution in [0.5, 0.6) is 0 Å². The van der Waals surface area contributed by atoms with Crippen LogP contribution in [-0.2, 0) is 0 Å². The Morgan fingerprint density at radius 1 is 1.00 bits per heavy atom. The summed E-state index contributed by atoms with van der Waals surface area (Å²) in [6.07, 6.45) is 1.67. The summed E-state index contributed by atoms with van der Waals surface area (Å²) in [5.41, 5.74) is 3.42. The zero-order valence-corrected chi connectivity index (χ0v) is 17.7. The van der Waals surface area contributed by atoms with Crippen molar-refractivity contribution < 1.29 is 4.79 Å². The molecule has 0 saturated carbocycles. The Morgan fingerprint density at radius 3 is 2.34 bits per heavy atom. The van der Waals surface area contributed by atoms with Gasteiger partial charge in [-0.05, 0) is 56.3 Å². The van der Waals surface area contributed by atoms with E-state index in [1.807, 2.05) is 50.2 Å². The fourth-order valence-corrected chi connectivity index (χ4v) is 3.50. The van der Waals surface area contributed by atoms with Crippen LogP contribution in [0.4, 0.5) is 0 Å². The summed E-state index contributed by atoms with van der Waals surface area (Å²) in [7, 11) is 0. The lowest BCUT2D eigenvalue weighted by molar-refractivity contribution is 0.0950. The first kappa shape index (κ1) is 20.8. The number of pyridine rings is 1. The Bertz CT molecular complexity index is 1080. The smallest absolute Gasteiger partial charge is 0.262 e. The van der Waals surface area contributed by atoms with Crippen LogP contribution < -0.4 is 10.9 Å². The van der Waals surface area contributed by atoms with E-state index in [0.717, 1.165) is 36.4 Å². The predicted molar refractivity (Wildman–Crippen MR) is 119 cm³/mol. The van der Waals surface area contributed by atoms with Gasteiger partial charge in [-0.25, -0.2) is 0 Å². The van der Waals surface area contributed by atoms with Crippen LogP contribution in [0.15, 0.2) is 53.5 Å². The van der Waals surface area contributed by atoms with Crippen molar-refractivity contribution in [2.75, 3.05) is 26.2 Å². The normalized spacial score (nSPS) is 11.2. The summed E-state index contributed by atoms with van der Waals surface area (Å²) in [6, 6.07) is 13.2. The first-order valence-corrected chi connectivity index (χ1v) is 10.2. The number of nitrogens with zero attached hydrogens (tertiary/aromatic N) is 2. The molecule has 1 amide bonds. The fourth-order valence-electron chi connectivity index (χ4n) is 3.50. The standard InChI is InChI=1S/C24H29N3O2/c1-5-26(6-2)14-13-25-23(28)22-16-27(19-12-11-17(3)18(4)15-19)24(29)21-10-8-7-9-20(21)22/h7-12,15-16H,5-6,13-14H2,1-4H3,(H,25,28). The third-order valence-electron chi connectivity index (χ3n) is 5.55. The molecule has 3 rings (SSSR count). The minimum absolute atomic E-state index is 0.122. The van der Waals surface area contributed by atoms with Gasteiger partial charge in [0.05, 0.1) is 5.56 Å². The molecule has 5 nitrogen and oxygen atoms in total. The van der Waals surface area contributed by atoms with Crippen LogP contribution in [0.25, 0.3) is 16.5 Å². The first-order chi connectivity index (χ1) is 14.0. The van der Waals surface area contributed by atoms with Crippen molar-refractivity contribution in [2.24, 2.45) is 0 Å². The van der Waals surface area contributed by atoms with E-state index in [-0.39, 0.29) is 11.5 Å². The van der Waals surface area contributed by atoms with Crippen LogP contribution in [0.2, 0.25) is 0 Å². The fraction of sp³-hybridized carbons (Fsp3) is 0.333. The van der Waals surface area contributed by atoms with Crippen molar-refractivity contribution in [2.45, 2.75) is 27.7 Å². The molecule has 1 N–H and O–H groups in total. The van der Waals surface area contributed by atoms with Gasteiger partial charge in [-0.2, -0.15) is 0 Å². The second kappa shape index (κ2) is 9.05. The Labute approximate surface area is 172 Å². The van der Waals surface area contributed by atoms with E-state index < -0.39 is 0 Å². The molecule has 0 atom stereocenters. The minimum atomic E-state index is -0.161. The molecule has 0 bridgehead atoms. The molecule has 0 aliphatic heterocycles. The quantitative estimate of drug-likeness (QED) is 0.668. The highest BCUT2D eigenvalue weighted by molar-refractivity contribution is 6.06. The summed E-state index contributed by atoms with van der Waals surface area (Å²) >= 11 is 0. The second-order valence-corrected chi connectivity index (χ2v) is 7.31. The lowest BCUT2D eigenvalue weighted by atomic mass is 10.1. The molecule has 0 unspecified atom stereocenters. The van der Waals surface area contributed by atoms with Gasteiger partial charge in [0.1, 0.15) is 0 Å². The van der Waals surface area contributed by atoms with E-state index >= 15 is 0 Å². The number of fused-ring (bicyclic) bond motifs is 1. The molecule has 5 heteroatoms. The molecular weight excluding hydrogens is 362 g/mol. The lowest BCUT2D eigenvalue weighted by Crippen LogP contribution is -2.35. The van der Waals surface area contributed by atoms with Crippen molar-refractivity contribution in [1.29, 1.82) is 0 Å². The van der Waals surface area contributed by atoms with Gasteiger partial charge in [0.25, 0.3) is 11.5 Å². The predicted octanol–water partition coefficient (Wildman–Crippen LogP) is 3.68. The van der Waals surface area contributed by atoms with Gasteiger partial charge in [-0.1, -0.05) is 38.1 Å². The number of aryl methyl sites for hydroxylation is 2. The number of benzene rings is 2. The van der Waals surface area contributed by atoms with E-state index in [0.29, 0.717) is 22.9 Å². The highest BCUT2D eigenvalue weighted by Crippen LogP contribution is 2.19. The molecule has 0 aliphatic carbocycles. The summed E-state index contributed by atoms with van der Waals surface area (Å²) < 4.78 is 1.58. The minimum Gasteiger partial charge on any atom is -0.351 e. The highest BCUT2D eigenvalue weighted by Gasteiger charge is 2.15. The molecule has 0 fully saturated rings. The summed E-state index contributed by atoms with van der Waals surface area (Å²) in [5.74, 6) is -0.161. The number of carbonyl (C=O) groups excluding carboxylic acids is 1. The van der Waals surface area contributed by atoms with Gasteiger partial charge in [-0.15, -0.1) is 0 Å². The van der Waals surface area contributed by atoms with Crippen LogP contribution in [0.1, 0.15) is 35.3 Å². The Morgan fingerprint density at radius 2 is 1.69 bits per heavy atom. The maximum Gasteiger partial charge on any atom is 0.262 e. The van der Waals surface area contributed by atoms with Crippen LogP contribution in [-0.4, -0.2) is 41.6 Å². The van der Waals surface area contributed by atoms with E-state index in [2.05, 4.69) is 24.1 Å². The molecule has 1 aromatic heterocycles. The van der Waals surface area contributed by atoms with Crippen LogP contribution in [0.3, 0.4) is 0 Å². The Kier molecular flexibility index (Phi) is 6.49. The lowest BCUT2D eigenvalue weighted by Gasteiger charge is -2.18. The molecule has 0 aliphatic rings. The first-order valence-electron chi connectivity index (χ1n) is 10.2. The number of rotatable bonds is 7. The van der Waals surface area contributed by atoms with Gasteiger partial charge in [0.2, 0.25) is 0 Å². The maximum absolute atomic E-state index is 13.1. The van der Waals surface area contributed by atoms with Gasteiger partial charge in [0, 0.05) is 35.7 Å². The van der Waals surface area contributed by atoms with Gasteiger partial charge in [-0.3, -0.25) is 14.2 Å². The van der Waals surface area contributed by atoms with Gasteiger partial charge >= 0.3 is 0 Å². The average Bonchev–Trinajstić information content (AvgIpc) is 2.73. The number of hydrogen-bond donors (Lipinski definition) is 1. The van der Waals surface area contributed by atoms with Gasteiger partial charge in [0.15, 0.2) is 0 Å². The summed E-state index contributed by atoms with van der Waals surface area (Å²) in [4.78, 5) is 28.4. The summed E-state index contributed by atoms with van der Waals surface area (Å²) in [5, 5.41) is 4.24. The Hall–Kier alpha value is -2.92. The number of hydrogen-bond acceptors (Lipinski definition) is 3. The molecule has 29 heavy (non-hydrogen) atoms. The van der Waals surface area contributed by atoms with Crippen LogP contribution in [0, 0.1) is 13.8 Å². The topological polar surface area (TPSA) is 54.3 Å². The number of nitrogens with one attached hydrogen (secondary N) is 1. The molecule has 152 valence electrons. The molecule has 1 heterocycles. The zero-order valence-electron chi connectivity index (χ0n) is 17.7. The number of amides is 1. The highest BCUT2D eigenvalue weighted by atomic mass is 16.2. The van der Waals surface area contributed by atoms with Crippen molar-refractivity contribution in [3.63, 3.8) is 0 Å². The zero-order chi connectivity index (χ0) is 21.0. The third kappa shape index (κ3) is 4.40. The number of carbonyl (C=O) groups is 1. The van der Waals surface area contributed by atoms with Crippen LogP contribution >= 0.6 is 0 Å². The molecule has 0 radical (unpaired) electrons. The Balaban J connectivity index is 2.02. The summed E-state index contributed by atoms with van der Waals surface area (Å²) in [6.45, 7) is 11.5. The largest absolute Gasteiger partial charge is 0.351 e. The van der Waals surface area contributed by atoms with Crippen molar-refractivity contribution in [3.05, 3.63) is 75.7 Å². The van der Waals surface area contributed by atoms with Crippen molar-refractivity contribution >= 4 is 16.7 Å². The molecule has 3 aromatic rings. The number of likely N-dealkylation sites (N-methyl/N-ethyl adjacent to an activating group) is 1. The van der Waals surface area contributed by atoms with Gasteiger partial charge < -0.3 is 10.2 Å². The van der Waals surface area contributed by atoms with E-state index in [4.69, 9.17) is 0 Å². The third-order valence-corrected chi connectivity index (χ3v) is 5.55. The average molecular weight is 392 g/mol.